The van der Waals surface area contributed by atoms with E-state index >= 15 is 0 Å². The van der Waals surface area contributed by atoms with Crippen LogP contribution in [0.3, 0.4) is 0 Å². The lowest BCUT2D eigenvalue weighted by Crippen LogP contribution is -2.13. The van der Waals surface area contributed by atoms with Crippen LogP contribution in [0.2, 0.25) is 0 Å². The van der Waals surface area contributed by atoms with Gasteiger partial charge in [0.25, 0.3) is 0 Å². The predicted molar refractivity (Wildman–Crippen MR) is 139 cm³/mol. The van der Waals surface area contributed by atoms with Gasteiger partial charge < -0.3 is 4.55 Å². The van der Waals surface area contributed by atoms with E-state index in [0.29, 0.717) is 12.1 Å². The van der Waals surface area contributed by atoms with Crippen LogP contribution in [0.4, 0.5) is 13.2 Å². The van der Waals surface area contributed by atoms with Crippen molar-refractivity contribution in [1.82, 2.24) is 0 Å². The molecule has 3 aromatic carbocycles. The van der Waals surface area contributed by atoms with Crippen molar-refractivity contribution in [2.45, 2.75) is 63.4 Å². The van der Waals surface area contributed by atoms with Gasteiger partial charge in [-0.3, -0.25) is 0 Å². The summed E-state index contributed by atoms with van der Waals surface area (Å²) in [5, 5.41) is 2.93. The molecule has 0 aliphatic heterocycles. The van der Waals surface area contributed by atoms with Crippen LogP contribution in [0.15, 0.2) is 77.7 Å². The first kappa shape index (κ1) is 29.0. The van der Waals surface area contributed by atoms with Crippen molar-refractivity contribution in [3.8, 4) is 0 Å². The molecule has 0 amide bonds. The minimum absolute atomic E-state index is 0.191. The lowest BCUT2D eigenvalue weighted by molar-refractivity contribution is -0.140. The van der Waals surface area contributed by atoms with Gasteiger partial charge in [-0.1, -0.05) is 77.9 Å². The monoisotopic (exact) mass is 524 g/mol. The van der Waals surface area contributed by atoms with Crippen molar-refractivity contribution >= 4 is 29.3 Å². The molecule has 0 bridgehead atoms. The Hall–Kier alpha value is -2.21. The van der Waals surface area contributed by atoms with Gasteiger partial charge in [-0.05, 0) is 58.4 Å². The summed E-state index contributed by atoms with van der Waals surface area (Å²) in [6, 6.07) is 21.6. The van der Waals surface area contributed by atoms with Gasteiger partial charge in [-0.2, -0.15) is 13.2 Å². The molecule has 8 heteroatoms. The Morgan fingerprint density at radius 1 is 0.657 bits per heavy atom. The lowest BCUT2D eigenvalue weighted by Gasteiger charge is -2.19. The molecule has 0 aromatic heterocycles. The van der Waals surface area contributed by atoms with Crippen LogP contribution in [0.5, 0.6) is 0 Å². The molecule has 0 atom stereocenters. The molecule has 0 spiro atoms. The third kappa shape index (κ3) is 8.75. The molecule has 190 valence electrons. The summed E-state index contributed by atoms with van der Waals surface area (Å²) in [5.41, 5.74) is 1.86. The Morgan fingerprint density at radius 3 is 1.31 bits per heavy atom. The third-order valence-electron chi connectivity index (χ3n) is 5.35. The molecule has 3 rings (SSSR count). The zero-order valence-electron chi connectivity index (χ0n) is 20.8. The Balaban J connectivity index is 0.000000269. The van der Waals surface area contributed by atoms with E-state index in [1.807, 2.05) is 0 Å². The molecule has 0 aliphatic carbocycles. The molecule has 3 nitrogen and oxygen atoms in total. The smallest absolute Gasteiger partial charge is 0.417 e. The van der Waals surface area contributed by atoms with Crippen molar-refractivity contribution in [1.29, 1.82) is 0 Å². The highest BCUT2D eigenvalue weighted by atomic mass is 32.2. The van der Waals surface area contributed by atoms with E-state index in [1.165, 1.54) is 21.7 Å². The number of alkyl halides is 3. The molecule has 0 fully saturated rings. The second kappa shape index (κ2) is 10.8. The summed E-state index contributed by atoms with van der Waals surface area (Å²) in [4.78, 5) is -1.24. The first-order chi connectivity index (χ1) is 15.9. The Morgan fingerprint density at radius 2 is 1.03 bits per heavy atom. The SMILES string of the molecule is CC(C)(C)c1ccc([PH2+]c2ccc(C(C)(C)C)cc2)cc1.O=S(=O)([O-])c1ccccc1C(F)(F)F. The molecule has 35 heavy (non-hydrogen) atoms. The van der Waals surface area contributed by atoms with Gasteiger partial charge in [0.1, 0.15) is 10.1 Å². The van der Waals surface area contributed by atoms with Gasteiger partial charge >= 0.3 is 6.18 Å². The molecule has 0 N–H and O–H groups in total. The molecule has 0 heterocycles. The number of rotatable bonds is 3. The minimum atomic E-state index is -5.09. The largest absolute Gasteiger partial charge is 0.744 e. The molecule has 0 radical (unpaired) electrons. The zero-order valence-corrected chi connectivity index (χ0v) is 22.7. The van der Waals surface area contributed by atoms with E-state index in [9.17, 15) is 26.1 Å². The van der Waals surface area contributed by atoms with Crippen LogP contribution in [-0.4, -0.2) is 13.0 Å². The summed E-state index contributed by atoms with van der Waals surface area (Å²) in [7, 11) is -4.90. The molecular weight excluding hydrogens is 492 g/mol. The first-order valence-electron chi connectivity index (χ1n) is 11.1. The highest BCUT2D eigenvalue weighted by Gasteiger charge is 2.34. The number of hydrogen-bond donors (Lipinski definition) is 0. The van der Waals surface area contributed by atoms with E-state index in [4.69, 9.17) is 0 Å². The number of halogens is 3. The average molecular weight is 525 g/mol. The maximum atomic E-state index is 12.2. The van der Waals surface area contributed by atoms with Crippen LogP contribution in [0.1, 0.15) is 58.2 Å². The standard InChI is InChI=1S/C20H27P.C7H5F3O3S/c1-19(2,3)15-7-11-17(12-8-15)21-18-13-9-16(10-14-18)20(4,5)6;8-7(9,10)5-3-1-2-4-6(5)14(11,12)13/h7-14,21H,1-6H3;1-4H,(H,11,12,13). The summed E-state index contributed by atoms with van der Waals surface area (Å²) < 4.78 is 67.9. The van der Waals surface area contributed by atoms with Gasteiger partial charge in [0.2, 0.25) is 0 Å². The van der Waals surface area contributed by atoms with E-state index in [0.717, 1.165) is 12.1 Å². The van der Waals surface area contributed by atoms with E-state index < -0.39 is 26.8 Å². The predicted octanol–water partition coefficient (Wildman–Crippen LogP) is 6.25. The van der Waals surface area contributed by atoms with Crippen molar-refractivity contribution < 1.29 is 26.1 Å². The minimum Gasteiger partial charge on any atom is -0.744 e. The summed E-state index contributed by atoms with van der Waals surface area (Å²) in [6.07, 6.45) is -4.84. The summed E-state index contributed by atoms with van der Waals surface area (Å²) in [6.45, 7) is 13.6. The van der Waals surface area contributed by atoms with Crippen molar-refractivity contribution in [3.63, 3.8) is 0 Å². The highest BCUT2D eigenvalue weighted by molar-refractivity contribution is 7.85. The molecule has 3 aromatic rings. The average Bonchev–Trinajstić information content (AvgIpc) is 2.72. The van der Waals surface area contributed by atoms with Crippen molar-refractivity contribution in [2.24, 2.45) is 0 Å². The van der Waals surface area contributed by atoms with Gasteiger partial charge in [-0.25, -0.2) is 8.42 Å². The quantitative estimate of drug-likeness (QED) is 0.301. The number of benzene rings is 3. The summed E-state index contributed by atoms with van der Waals surface area (Å²) in [5.74, 6) is 0. The first-order valence-corrected chi connectivity index (χ1v) is 13.6. The van der Waals surface area contributed by atoms with Gasteiger partial charge in [0.15, 0.2) is 0 Å². The fourth-order valence-electron chi connectivity index (χ4n) is 3.27. The molecule has 0 unspecified atom stereocenters. The Labute approximate surface area is 208 Å². The van der Waals surface area contributed by atoms with E-state index in [1.54, 1.807) is 0 Å². The third-order valence-corrected chi connectivity index (χ3v) is 7.68. The molecule has 0 saturated carbocycles. The zero-order chi connectivity index (χ0) is 26.7. The van der Waals surface area contributed by atoms with Crippen LogP contribution >= 0.6 is 8.58 Å². The second-order valence-corrected chi connectivity index (χ2v) is 13.3. The Bertz CT molecular complexity index is 1170. The van der Waals surface area contributed by atoms with Crippen LogP contribution in [-0.2, 0) is 27.1 Å². The fraction of sp³-hybridized carbons (Fsp3) is 0.333. The Kier molecular flexibility index (Phi) is 8.97. The molecule has 0 saturated heterocycles. The fourth-order valence-corrected chi connectivity index (χ4v) is 5.12. The van der Waals surface area contributed by atoms with Crippen molar-refractivity contribution in [2.75, 3.05) is 0 Å². The normalized spacial score (nSPS) is 12.6. The van der Waals surface area contributed by atoms with Crippen molar-refractivity contribution in [3.05, 3.63) is 89.5 Å². The second-order valence-electron chi connectivity index (χ2n) is 10.3. The van der Waals surface area contributed by atoms with E-state index in [-0.39, 0.29) is 19.4 Å². The lowest BCUT2D eigenvalue weighted by atomic mass is 9.87. The maximum absolute atomic E-state index is 12.2. The number of hydrogen-bond acceptors (Lipinski definition) is 3. The van der Waals surface area contributed by atoms with Gasteiger partial charge in [0.05, 0.1) is 29.6 Å². The molecule has 0 aliphatic rings. The van der Waals surface area contributed by atoms with E-state index in [2.05, 4.69) is 90.1 Å². The highest BCUT2D eigenvalue weighted by Crippen LogP contribution is 2.33. The maximum Gasteiger partial charge on any atom is 0.417 e. The summed E-state index contributed by atoms with van der Waals surface area (Å²) >= 11 is 0. The molecular formula is C27H32F3O3PS. The topological polar surface area (TPSA) is 57.2 Å². The van der Waals surface area contributed by atoms with Crippen LogP contribution < -0.4 is 10.6 Å². The van der Waals surface area contributed by atoms with Gasteiger partial charge in [0, 0.05) is 0 Å². The van der Waals surface area contributed by atoms with Crippen LogP contribution in [0.25, 0.3) is 0 Å². The van der Waals surface area contributed by atoms with Crippen LogP contribution in [0, 0.1) is 0 Å². The van der Waals surface area contributed by atoms with Gasteiger partial charge in [-0.15, -0.1) is 0 Å².